The fourth-order valence-electron chi connectivity index (χ4n) is 4.01. The number of rotatable bonds is 7. The van der Waals surface area contributed by atoms with E-state index in [4.69, 9.17) is 0 Å². The number of fused-ring (bicyclic) bond motifs is 1. The van der Waals surface area contributed by atoms with Crippen LogP contribution in [0, 0.1) is 0 Å². The van der Waals surface area contributed by atoms with Crippen molar-refractivity contribution >= 4 is 16.8 Å². The van der Waals surface area contributed by atoms with Crippen molar-refractivity contribution in [1.29, 1.82) is 0 Å². The maximum atomic E-state index is 12.3. The molecule has 1 fully saturated rings. The summed E-state index contributed by atoms with van der Waals surface area (Å²) in [6.07, 6.45) is 5.52. The van der Waals surface area contributed by atoms with Gasteiger partial charge in [0.2, 0.25) is 5.91 Å². The number of aromatic amines is 1. The first-order valence-electron chi connectivity index (χ1n) is 9.88. The minimum absolute atomic E-state index is 0.182. The summed E-state index contributed by atoms with van der Waals surface area (Å²) in [5, 5.41) is 4.49. The van der Waals surface area contributed by atoms with Crippen LogP contribution in [0.1, 0.15) is 30.4 Å². The van der Waals surface area contributed by atoms with Gasteiger partial charge in [-0.15, -0.1) is 0 Å². The molecular formula is C23H27N3O. The lowest BCUT2D eigenvalue weighted by Gasteiger charge is -2.16. The number of nitrogens with one attached hydrogen (secondary N) is 2. The number of hydrogen-bond donors (Lipinski definition) is 2. The number of hydrogen-bond acceptors (Lipinski definition) is 2. The van der Waals surface area contributed by atoms with Crippen LogP contribution >= 0.6 is 0 Å². The minimum Gasteiger partial charge on any atom is -0.361 e. The number of carbonyl (C=O) groups excluding carboxylic acids is 1. The molecule has 2 heterocycles. The average molecular weight is 361 g/mol. The lowest BCUT2D eigenvalue weighted by molar-refractivity contribution is -0.121. The molecule has 140 valence electrons. The molecule has 0 unspecified atom stereocenters. The molecule has 3 aromatic rings. The highest BCUT2D eigenvalue weighted by atomic mass is 16.1. The zero-order valence-corrected chi connectivity index (χ0v) is 15.7. The number of benzene rings is 2. The number of nitrogens with zero attached hydrogens (tertiary/aromatic N) is 1. The van der Waals surface area contributed by atoms with E-state index >= 15 is 0 Å². The van der Waals surface area contributed by atoms with Crippen molar-refractivity contribution < 1.29 is 4.79 Å². The Balaban J connectivity index is 1.20. The second-order valence-corrected chi connectivity index (χ2v) is 7.49. The molecule has 0 saturated carbocycles. The van der Waals surface area contributed by atoms with Gasteiger partial charge >= 0.3 is 0 Å². The number of carbonyl (C=O) groups is 1. The summed E-state index contributed by atoms with van der Waals surface area (Å²) >= 11 is 0. The van der Waals surface area contributed by atoms with Crippen molar-refractivity contribution in [2.24, 2.45) is 0 Å². The van der Waals surface area contributed by atoms with E-state index in [1.165, 1.54) is 22.0 Å². The van der Waals surface area contributed by atoms with Crippen LogP contribution in [-0.4, -0.2) is 34.9 Å². The summed E-state index contributed by atoms with van der Waals surface area (Å²) in [4.78, 5) is 18.0. The second kappa shape index (κ2) is 8.40. The molecule has 1 amide bonds. The Hall–Kier alpha value is -2.59. The van der Waals surface area contributed by atoms with Crippen LogP contribution < -0.4 is 5.32 Å². The highest BCUT2D eigenvalue weighted by Crippen LogP contribution is 2.19. The average Bonchev–Trinajstić information content (AvgIpc) is 3.30. The Bertz CT molecular complexity index is 887. The van der Waals surface area contributed by atoms with Crippen molar-refractivity contribution in [3.63, 3.8) is 0 Å². The molecule has 2 N–H and O–H groups in total. The molecule has 1 aromatic heterocycles. The standard InChI is InChI=1S/C23H27N3O/c27-23(12-6-9-19-15-24-22-11-5-4-10-21(19)22)25-20-13-14-26(17-20)16-18-7-2-1-3-8-18/h1-5,7-8,10-11,15,20,24H,6,9,12-14,16-17H2,(H,25,27)/t20-/m1/s1. The summed E-state index contributed by atoms with van der Waals surface area (Å²) in [7, 11) is 0. The third kappa shape index (κ3) is 4.58. The van der Waals surface area contributed by atoms with Gasteiger partial charge in [0.05, 0.1) is 0 Å². The molecule has 0 aliphatic carbocycles. The minimum atomic E-state index is 0.182. The Labute approximate surface area is 160 Å². The molecule has 4 heteroatoms. The Morgan fingerprint density at radius 2 is 1.93 bits per heavy atom. The van der Waals surface area contributed by atoms with Gasteiger partial charge in [-0.3, -0.25) is 9.69 Å². The van der Waals surface area contributed by atoms with E-state index in [0.717, 1.165) is 38.9 Å². The zero-order chi connectivity index (χ0) is 18.5. The molecule has 1 atom stereocenters. The van der Waals surface area contributed by atoms with Crippen molar-refractivity contribution in [2.45, 2.75) is 38.3 Å². The quantitative estimate of drug-likeness (QED) is 0.671. The predicted octanol–water partition coefficient (Wildman–Crippen LogP) is 3.88. The van der Waals surface area contributed by atoms with E-state index in [0.29, 0.717) is 6.42 Å². The van der Waals surface area contributed by atoms with E-state index in [2.05, 4.69) is 63.9 Å². The summed E-state index contributed by atoms with van der Waals surface area (Å²) in [6.45, 7) is 2.96. The fourth-order valence-corrected chi connectivity index (χ4v) is 4.01. The van der Waals surface area contributed by atoms with E-state index < -0.39 is 0 Å². The largest absolute Gasteiger partial charge is 0.361 e. The molecule has 4 nitrogen and oxygen atoms in total. The SMILES string of the molecule is O=C(CCCc1c[nH]c2ccccc12)N[C@@H]1CCN(Cc2ccccc2)C1. The lowest BCUT2D eigenvalue weighted by Crippen LogP contribution is -2.36. The maximum Gasteiger partial charge on any atom is 0.220 e. The van der Waals surface area contributed by atoms with E-state index in [1.54, 1.807) is 0 Å². The number of amides is 1. The van der Waals surface area contributed by atoms with Crippen LogP contribution in [0.3, 0.4) is 0 Å². The summed E-state index contributed by atoms with van der Waals surface area (Å²) in [5.74, 6) is 0.182. The summed E-state index contributed by atoms with van der Waals surface area (Å²) in [6, 6.07) is 19.2. The van der Waals surface area contributed by atoms with Gasteiger partial charge in [-0.1, -0.05) is 48.5 Å². The second-order valence-electron chi connectivity index (χ2n) is 7.49. The summed E-state index contributed by atoms with van der Waals surface area (Å²) < 4.78 is 0. The Morgan fingerprint density at radius 3 is 2.81 bits per heavy atom. The highest BCUT2D eigenvalue weighted by molar-refractivity contribution is 5.83. The van der Waals surface area contributed by atoms with Gasteiger partial charge in [0.25, 0.3) is 0 Å². The van der Waals surface area contributed by atoms with Crippen LogP contribution in [0.25, 0.3) is 10.9 Å². The van der Waals surface area contributed by atoms with Crippen LogP contribution in [0.4, 0.5) is 0 Å². The molecular weight excluding hydrogens is 334 g/mol. The zero-order valence-electron chi connectivity index (χ0n) is 15.7. The number of aryl methyl sites for hydroxylation is 1. The van der Waals surface area contributed by atoms with E-state index in [-0.39, 0.29) is 11.9 Å². The third-order valence-electron chi connectivity index (χ3n) is 5.41. The van der Waals surface area contributed by atoms with Crippen LogP contribution in [0.15, 0.2) is 60.8 Å². The number of H-pyrrole nitrogens is 1. The lowest BCUT2D eigenvalue weighted by atomic mass is 10.1. The topological polar surface area (TPSA) is 48.1 Å². The van der Waals surface area contributed by atoms with Gasteiger partial charge in [0.15, 0.2) is 0 Å². The fraction of sp³-hybridized carbons (Fsp3) is 0.348. The molecule has 4 rings (SSSR count). The van der Waals surface area contributed by atoms with E-state index in [1.807, 2.05) is 12.1 Å². The molecule has 1 saturated heterocycles. The van der Waals surface area contributed by atoms with Gasteiger partial charge in [0.1, 0.15) is 0 Å². The van der Waals surface area contributed by atoms with Gasteiger partial charge in [0, 0.05) is 49.2 Å². The molecule has 27 heavy (non-hydrogen) atoms. The van der Waals surface area contributed by atoms with Crippen LogP contribution in [0.2, 0.25) is 0 Å². The first-order valence-corrected chi connectivity index (χ1v) is 9.88. The van der Waals surface area contributed by atoms with Crippen LogP contribution in [-0.2, 0) is 17.8 Å². The molecule has 1 aliphatic heterocycles. The van der Waals surface area contributed by atoms with E-state index in [9.17, 15) is 4.79 Å². The Morgan fingerprint density at radius 1 is 1.11 bits per heavy atom. The normalized spacial score (nSPS) is 17.4. The van der Waals surface area contributed by atoms with Crippen LogP contribution in [0.5, 0.6) is 0 Å². The van der Waals surface area contributed by atoms with Crippen molar-refractivity contribution in [2.75, 3.05) is 13.1 Å². The molecule has 2 aromatic carbocycles. The molecule has 1 aliphatic rings. The maximum absolute atomic E-state index is 12.3. The first-order chi connectivity index (χ1) is 13.3. The first kappa shape index (κ1) is 17.8. The molecule has 0 radical (unpaired) electrons. The highest BCUT2D eigenvalue weighted by Gasteiger charge is 2.23. The number of likely N-dealkylation sites (tertiary alicyclic amines) is 1. The molecule has 0 spiro atoms. The predicted molar refractivity (Wildman–Crippen MR) is 110 cm³/mol. The van der Waals surface area contributed by atoms with Gasteiger partial charge in [-0.05, 0) is 36.5 Å². The monoisotopic (exact) mass is 361 g/mol. The van der Waals surface area contributed by atoms with Gasteiger partial charge in [-0.25, -0.2) is 0 Å². The van der Waals surface area contributed by atoms with Crippen molar-refractivity contribution in [3.05, 3.63) is 71.9 Å². The number of aromatic nitrogens is 1. The third-order valence-corrected chi connectivity index (χ3v) is 5.41. The smallest absolute Gasteiger partial charge is 0.220 e. The van der Waals surface area contributed by atoms with Gasteiger partial charge in [-0.2, -0.15) is 0 Å². The number of para-hydroxylation sites is 1. The summed E-state index contributed by atoms with van der Waals surface area (Å²) in [5.41, 5.74) is 3.80. The Kier molecular flexibility index (Phi) is 5.54. The molecule has 0 bridgehead atoms. The van der Waals surface area contributed by atoms with Crippen molar-refractivity contribution in [3.8, 4) is 0 Å². The van der Waals surface area contributed by atoms with Crippen molar-refractivity contribution in [1.82, 2.24) is 15.2 Å². The van der Waals surface area contributed by atoms with Gasteiger partial charge < -0.3 is 10.3 Å².